The van der Waals surface area contributed by atoms with Crippen molar-refractivity contribution in [3.63, 3.8) is 0 Å². The summed E-state index contributed by atoms with van der Waals surface area (Å²) in [6.45, 7) is 0.225. The van der Waals surface area contributed by atoms with Crippen LogP contribution in [0.1, 0.15) is 11.1 Å². The van der Waals surface area contributed by atoms with Crippen LogP contribution in [0.15, 0.2) is 51.8 Å². The Bertz CT molecular complexity index is 864. The summed E-state index contributed by atoms with van der Waals surface area (Å²) in [4.78, 5) is 26.2. The molecule has 1 aliphatic heterocycles. The quantitative estimate of drug-likeness (QED) is 0.743. The minimum atomic E-state index is -0.340. The van der Waals surface area contributed by atoms with Crippen LogP contribution in [0.2, 0.25) is 0 Å². The fourth-order valence-electron chi connectivity index (χ4n) is 2.36. The second kappa shape index (κ2) is 7.33. The molecule has 0 spiro atoms. The molecule has 128 valence electrons. The van der Waals surface area contributed by atoms with E-state index in [-0.39, 0.29) is 23.4 Å². The lowest BCUT2D eigenvalue weighted by molar-refractivity contribution is -0.123. The van der Waals surface area contributed by atoms with E-state index in [9.17, 15) is 14.7 Å². The molecule has 25 heavy (non-hydrogen) atoms. The first-order valence-corrected chi connectivity index (χ1v) is 8.95. The van der Waals surface area contributed by atoms with Crippen molar-refractivity contribution in [3.05, 3.63) is 63.0 Å². The van der Waals surface area contributed by atoms with Crippen LogP contribution in [-0.4, -0.2) is 28.3 Å². The summed E-state index contributed by atoms with van der Waals surface area (Å²) in [7, 11) is 1.46. The summed E-state index contributed by atoms with van der Waals surface area (Å²) in [5.74, 6) is -0.0148. The highest BCUT2D eigenvalue weighted by Gasteiger charge is 2.34. The number of amides is 2. The summed E-state index contributed by atoms with van der Waals surface area (Å²) in [6, 6.07) is 12.3. The second-order valence-electron chi connectivity index (χ2n) is 5.33. The number of rotatable bonds is 4. The number of benzene rings is 2. The normalized spacial score (nSPS) is 15.9. The van der Waals surface area contributed by atoms with Gasteiger partial charge in [-0.25, -0.2) is 0 Å². The van der Waals surface area contributed by atoms with Gasteiger partial charge in [-0.05, 0) is 53.2 Å². The van der Waals surface area contributed by atoms with Gasteiger partial charge in [-0.3, -0.25) is 14.5 Å². The number of phenolic OH excluding ortho intramolecular Hbond substituents is 1. The first-order chi connectivity index (χ1) is 12.0. The van der Waals surface area contributed by atoms with E-state index in [4.69, 9.17) is 4.74 Å². The fourth-order valence-corrected chi connectivity index (χ4v) is 3.46. The number of nitrogens with zero attached hydrogens (tertiary/aromatic N) is 1. The Balaban J connectivity index is 1.80. The highest BCUT2D eigenvalue weighted by Crippen LogP contribution is 2.35. The lowest BCUT2D eigenvalue weighted by Gasteiger charge is -2.12. The van der Waals surface area contributed by atoms with Gasteiger partial charge in [0.2, 0.25) is 0 Å². The standard InChI is InChI=1S/C18H14BrNO4S/c1-24-15-7-4-12(8-14(15)21)9-16-17(22)20(18(23)25-16)10-11-2-5-13(19)6-3-11/h2-9,21H,10H2,1H3/b16-9+. The highest BCUT2D eigenvalue weighted by molar-refractivity contribution is 9.10. The first kappa shape index (κ1) is 17.6. The monoisotopic (exact) mass is 419 g/mol. The average Bonchev–Trinajstić information content (AvgIpc) is 2.84. The van der Waals surface area contributed by atoms with E-state index in [0.717, 1.165) is 21.8 Å². The van der Waals surface area contributed by atoms with Crippen LogP contribution in [0, 0.1) is 0 Å². The summed E-state index contributed by atoms with van der Waals surface area (Å²) >= 11 is 4.25. The van der Waals surface area contributed by atoms with E-state index in [1.54, 1.807) is 18.2 Å². The number of imide groups is 1. The number of ether oxygens (including phenoxy) is 1. The molecular formula is C18H14BrNO4S. The second-order valence-corrected chi connectivity index (χ2v) is 7.23. The van der Waals surface area contributed by atoms with Gasteiger partial charge in [0.25, 0.3) is 11.1 Å². The van der Waals surface area contributed by atoms with Gasteiger partial charge in [0, 0.05) is 4.47 Å². The first-order valence-electron chi connectivity index (χ1n) is 7.35. The third-order valence-electron chi connectivity index (χ3n) is 3.63. The minimum Gasteiger partial charge on any atom is -0.504 e. The fraction of sp³-hybridized carbons (Fsp3) is 0.111. The van der Waals surface area contributed by atoms with Gasteiger partial charge >= 0.3 is 0 Å². The summed E-state index contributed by atoms with van der Waals surface area (Å²) < 4.78 is 5.93. The van der Waals surface area contributed by atoms with E-state index < -0.39 is 0 Å². The molecule has 1 N–H and O–H groups in total. The van der Waals surface area contributed by atoms with E-state index in [2.05, 4.69) is 15.9 Å². The zero-order chi connectivity index (χ0) is 18.0. The molecular weight excluding hydrogens is 406 g/mol. The molecule has 1 aliphatic rings. The molecule has 1 saturated heterocycles. The highest BCUT2D eigenvalue weighted by atomic mass is 79.9. The Labute approximate surface area is 157 Å². The van der Waals surface area contributed by atoms with Gasteiger partial charge in [-0.15, -0.1) is 0 Å². The largest absolute Gasteiger partial charge is 0.504 e. The maximum Gasteiger partial charge on any atom is 0.293 e. The molecule has 7 heteroatoms. The predicted molar refractivity (Wildman–Crippen MR) is 100 cm³/mol. The van der Waals surface area contributed by atoms with E-state index >= 15 is 0 Å². The minimum absolute atomic E-state index is 0.0228. The molecule has 0 unspecified atom stereocenters. The predicted octanol–water partition coefficient (Wildman–Crippen LogP) is 4.40. The third kappa shape index (κ3) is 3.88. The molecule has 2 aromatic rings. The van der Waals surface area contributed by atoms with Crippen molar-refractivity contribution in [2.45, 2.75) is 6.54 Å². The van der Waals surface area contributed by atoms with Crippen molar-refractivity contribution in [1.29, 1.82) is 0 Å². The van der Waals surface area contributed by atoms with E-state index in [1.807, 2.05) is 24.3 Å². The van der Waals surface area contributed by atoms with Gasteiger partial charge in [0.15, 0.2) is 11.5 Å². The Morgan fingerprint density at radius 3 is 2.56 bits per heavy atom. The van der Waals surface area contributed by atoms with Crippen LogP contribution in [0.5, 0.6) is 11.5 Å². The van der Waals surface area contributed by atoms with Crippen molar-refractivity contribution in [3.8, 4) is 11.5 Å². The molecule has 0 atom stereocenters. The Hall–Kier alpha value is -2.25. The number of methoxy groups -OCH3 is 1. The molecule has 3 rings (SSSR count). The Kier molecular flexibility index (Phi) is 5.15. The zero-order valence-corrected chi connectivity index (χ0v) is 15.6. The smallest absolute Gasteiger partial charge is 0.293 e. The number of halogens is 1. The lowest BCUT2D eigenvalue weighted by atomic mass is 10.1. The third-order valence-corrected chi connectivity index (χ3v) is 5.06. The van der Waals surface area contributed by atoms with E-state index in [1.165, 1.54) is 18.1 Å². The van der Waals surface area contributed by atoms with Crippen molar-refractivity contribution in [2.75, 3.05) is 7.11 Å². The van der Waals surface area contributed by atoms with Crippen LogP contribution in [0.25, 0.3) is 6.08 Å². The summed E-state index contributed by atoms with van der Waals surface area (Å²) in [6.07, 6.45) is 1.59. The van der Waals surface area contributed by atoms with Crippen LogP contribution in [0.4, 0.5) is 4.79 Å². The molecule has 2 amide bonds. The van der Waals surface area contributed by atoms with Crippen LogP contribution in [-0.2, 0) is 11.3 Å². The van der Waals surface area contributed by atoms with Gasteiger partial charge in [0.05, 0.1) is 18.6 Å². The van der Waals surface area contributed by atoms with Gasteiger partial charge in [-0.1, -0.05) is 34.1 Å². The van der Waals surface area contributed by atoms with Gasteiger partial charge in [0.1, 0.15) is 0 Å². The molecule has 1 heterocycles. The number of hydrogen-bond acceptors (Lipinski definition) is 5. The molecule has 0 saturated carbocycles. The average molecular weight is 420 g/mol. The molecule has 0 aliphatic carbocycles. The lowest BCUT2D eigenvalue weighted by Crippen LogP contribution is -2.27. The molecule has 0 bridgehead atoms. The van der Waals surface area contributed by atoms with E-state index in [0.29, 0.717) is 16.2 Å². The van der Waals surface area contributed by atoms with Crippen LogP contribution >= 0.6 is 27.7 Å². The zero-order valence-electron chi connectivity index (χ0n) is 13.2. The van der Waals surface area contributed by atoms with Crippen molar-refractivity contribution in [2.24, 2.45) is 0 Å². The SMILES string of the molecule is COc1ccc(/C=C2/SC(=O)N(Cc3ccc(Br)cc3)C2=O)cc1O. The Morgan fingerprint density at radius 2 is 1.92 bits per heavy atom. The molecule has 5 nitrogen and oxygen atoms in total. The van der Waals surface area contributed by atoms with Gasteiger partial charge in [-0.2, -0.15) is 0 Å². The molecule has 0 aromatic heterocycles. The number of aromatic hydroxyl groups is 1. The molecule has 2 aromatic carbocycles. The summed E-state index contributed by atoms with van der Waals surface area (Å²) in [5.41, 5.74) is 1.49. The van der Waals surface area contributed by atoms with Crippen molar-refractivity contribution < 1.29 is 19.4 Å². The number of carbonyl (C=O) groups is 2. The van der Waals surface area contributed by atoms with Gasteiger partial charge < -0.3 is 9.84 Å². The Morgan fingerprint density at radius 1 is 1.20 bits per heavy atom. The maximum absolute atomic E-state index is 12.5. The van der Waals surface area contributed by atoms with Crippen molar-refractivity contribution in [1.82, 2.24) is 4.90 Å². The number of hydrogen-bond donors (Lipinski definition) is 1. The topological polar surface area (TPSA) is 66.8 Å². The van der Waals surface area contributed by atoms with Crippen LogP contribution < -0.4 is 4.74 Å². The summed E-state index contributed by atoms with van der Waals surface area (Å²) in [5, 5.41) is 9.52. The van der Waals surface area contributed by atoms with Crippen molar-refractivity contribution >= 4 is 44.9 Å². The maximum atomic E-state index is 12.5. The number of thioether (sulfide) groups is 1. The van der Waals surface area contributed by atoms with Crippen LogP contribution in [0.3, 0.4) is 0 Å². The molecule has 0 radical (unpaired) electrons. The number of phenols is 1. The number of carbonyl (C=O) groups excluding carboxylic acids is 2. The molecule has 1 fully saturated rings.